The van der Waals surface area contributed by atoms with E-state index in [4.69, 9.17) is 25.8 Å². The molecule has 0 unspecified atom stereocenters. The lowest BCUT2D eigenvalue weighted by molar-refractivity contribution is 0.0288. The minimum atomic E-state index is -0.431. The van der Waals surface area contributed by atoms with Crippen LogP contribution in [0.3, 0.4) is 0 Å². The Morgan fingerprint density at radius 1 is 1.33 bits per heavy atom. The topological polar surface area (TPSA) is 57.7 Å². The van der Waals surface area contributed by atoms with E-state index in [0.717, 1.165) is 6.42 Å². The van der Waals surface area contributed by atoms with Crippen molar-refractivity contribution in [3.63, 3.8) is 0 Å². The van der Waals surface area contributed by atoms with Gasteiger partial charge in [0.15, 0.2) is 0 Å². The number of aromatic nitrogens is 1. The number of nitrogens with zero attached hydrogens (tertiary/aromatic N) is 1. The second-order valence-electron chi connectivity index (χ2n) is 3.46. The van der Waals surface area contributed by atoms with Gasteiger partial charge in [0.25, 0.3) is 0 Å². The molecule has 1 rings (SSSR count). The van der Waals surface area contributed by atoms with E-state index in [9.17, 15) is 4.79 Å². The highest BCUT2D eigenvalue weighted by molar-refractivity contribution is 6.29. The van der Waals surface area contributed by atoms with Gasteiger partial charge in [0.1, 0.15) is 11.8 Å². The summed E-state index contributed by atoms with van der Waals surface area (Å²) in [6.07, 6.45) is 2.28. The van der Waals surface area contributed by atoms with Crippen LogP contribution in [0.4, 0.5) is 0 Å². The second-order valence-corrected chi connectivity index (χ2v) is 3.85. The minimum absolute atomic E-state index is 0.214. The van der Waals surface area contributed by atoms with Crippen molar-refractivity contribution in [1.82, 2.24) is 4.98 Å². The van der Waals surface area contributed by atoms with Crippen LogP contribution < -0.4 is 0 Å². The van der Waals surface area contributed by atoms with Crippen LogP contribution in [0.5, 0.6) is 0 Å². The molecule has 1 heterocycles. The lowest BCUT2D eigenvalue weighted by Gasteiger charge is -2.06. The number of carbonyl (C=O) groups is 1. The molecule has 0 saturated heterocycles. The van der Waals surface area contributed by atoms with Crippen LogP contribution in [0.1, 0.15) is 16.8 Å². The maximum absolute atomic E-state index is 11.5. The molecular formula is C12H16ClNO4. The zero-order chi connectivity index (χ0) is 13.2. The monoisotopic (exact) mass is 273 g/mol. The first-order valence-electron chi connectivity index (χ1n) is 5.59. The number of hydrogen-bond donors (Lipinski definition) is 0. The Kier molecular flexibility index (Phi) is 7.32. The quantitative estimate of drug-likeness (QED) is 0.412. The van der Waals surface area contributed by atoms with E-state index in [-0.39, 0.29) is 11.8 Å². The summed E-state index contributed by atoms with van der Waals surface area (Å²) in [5.41, 5.74) is 0.384. The number of rotatable bonds is 8. The first-order chi connectivity index (χ1) is 8.74. The molecule has 0 atom stereocenters. The molecular weight excluding hydrogens is 258 g/mol. The average molecular weight is 274 g/mol. The van der Waals surface area contributed by atoms with Gasteiger partial charge in [-0.1, -0.05) is 11.6 Å². The highest BCUT2D eigenvalue weighted by Crippen LogP contribution is 2.08. The number of methoxy groups -OCH3 is 1. The molecule has 1 aromatic rings. The summed E-state index contributed by atoms with van der Waals surface area (Å²) in [5.74, 6) is -0.431. The molecule has 6 heteroatoms. The van der Waals surface area contributed by atoms with E-state index < -0.39 is 5.97 Å². The van der Waals surface area contributed by atoms with E-state index in [1.807, 2.05) is 0 Å². The fourth-order valence-corrected chi connectivity index (χ4v) is 1.39. The first-order valence-corrected chi connectivity index (χ1v) is 5.97. The number of pyridine rings is 1. The molecule has 0 fully saturated rings. The van der Waals surface area contributed by atoms with E-state index in [1.54, 1.807) is 13.2 Å². The number of hydrogen-bond acceptors (Lipinski definition) is 5. The van der Waals surface area contributed by atoms with Crippen molar-refractivity contribution in [2.24, 2.45) is 0 Å². The molecule has 0 N–H and O–H groups in total. The largest absolute Gasteiger partial charge is 0.460 e. The Hall–Kier alpha value is -1.17. The molecule has 0 bridgehead atoms. The lowest BCUT2D eigenvalue weighted by Crippen LogP contribution is -2.11. The van der Waals surface area contributed by atoms with Crippen LogP contribution in [-0.4, -0.2) is 44.5 Å². The van der Waals surface area contributed by atoms with E-state index in [2.05, 4.69) is 4.98 Å². The van der Waals surface area contributed by atoms with E-state index in [1.165, 1.54) is 12.3 Å². The van der Waals surface area contributed by atoms with Crippen molar-refractivity contribution >= 4 is 17.6 Å². The molecule has 0 aliphatic carbocycles. The summed E-state index contributed by atoms with van der Waals surface area (Å²) in [6, 6.07) is 3.01. The molecule has 0 saturated carbocycles. The van der Waals surface area contributed by atoms with Gasteiger partial charge in [0.05, 0.1) is 12.2 Å². The fraction of sp³-hybridized carbons (Fsp3) is 0.500. The molecule has 0 aliphatic rings. The third-order valence-electron chi connectivity index (χ3n) is 2.06. The number of esters is 1. The van der Waals surface area contributed by atoms with Crippen molar-refractivity contribution < 1.29 is 19.0 Å². The molecule has 0 spiro atoms. The van der Waals surface area contributed by atoms with Crippen LogP contribution in [0.2, 0.25) is 5.15 Å². The van der Waals surface area contributed by atoms with Gasteiger partial charge < -0.3 is 14.2 Å². The van der Waals surface area contributed by atoms with Crippen LogP contribution in [0.15, 0.2) is 18.3 Å². The maximum atomic E-state index is 11.5. The maximum Gasteiger partial charge on any atom is 0.338 e. The summed E-state index contributed by atoms with van der Waals surface area (Å²) in [7, 11) is 1.64. The number of ether oxygens (including phenoxy) is 3. The fourth-order valence-electron chi connectivity index (χ4n) is 1.21. The van der Waals surface area contributed by atoms with Crippen LogP contribution in [-0.2, 0) is 14.2 Å². The van der Waals surface area contributed by atoms with Gasteiger partial charge in [-0.05, 0) is 18.6 Å². The SMILES string of the molecule is COCCCOCCOC(=O)c1ccnc(Cl)c1. The van der Waals surface area contributed by atoms with Crippen molar-refractivity contribution in [3.05, 3.63) is 29.0 Å². The van der Waals surface area contributed by atoms with Crippen LogP contribution >= 0.6 is 11.6 Å². The normalized spacial score (nSPS) is 10.3. The Morgan fingerprint density at radius 2 is 2.17 bits per heavy atom. The van der Waals surface area contributed by atoms with Gasteiger partial charge >= 0.3 is 5.97 Å². The predicted octanol–water partition coefficient (Wildman–Crippen LogP) is 1.94. The van der Waals surface area contributed by atoms with Gasteiger partial charge in [-0.2, -0.15) is 0 Å². The Bertz CT molecular complexity index is 373. The third kappa shape index (κ3) is 5.95. The standard InChI is InChI=1S/C12H16ClNO4/c1-16-5-2-6-17-7-8-18-12(15)10-3-4-14-11(13)9-10/h3-4,9H,2,5-8H2,1H3. The Balaban J connectivity index is 2.14. The number of carbonyl (C=O) groups excluding carboxylic acids is 1. The summed E-state index contributed by atoms with van der Waals surface area (Å²) >= 11 is 5.67. The Labute approximate surface area is 111 Å². The molecule has 1 aromatic heterocycles. The Morgan fingerprint density at radius 3 is 2.89 bits per heavy atom. The molecule has 100 valence electrons. The lowest BCUT2D eigenvalue weighted by atomic mass is 10.3. The van der Waals surface area contributed by atoms with Gasteiger partial charge in [0, 0.05) is 26.5 Å². The molecule has 0 aliphatic heterocycles. The summed E-state index contributed by atoms with van der Waals surface area (Å²) < 4.78 is 15.1. The number of halogens is 1. The predicted molar refractivity (Wildman–Crippen MR) is 66.8 cm³/mol. The highest BCUT2D eigenvalue weighted by Gasteiger charge is 2.07. The van der Waals surface area contributed by atoms with E-state index >= 15 is 0 Å². The van der Waals surface area contributed by atoms with Crippen LogP contribution in [0, 0.1) is 0 Å². The van der Waals surface area contributed by atoms with Gasteiger partial charge in [0.2, 0.25) is 0 Å². The minimum Gasteiger partial charge on any atom is -0.460 e. The summed E-state index contributed by atoms with van der Waals surface area (Å²) in [4.78, 5) is 15.3. The van der Waals surface area contributed by atoms with Crippen molar-refractivity contribution in [2.75, 3.05) is 33.5 Å². The average Bonchev–Trinajstić information content (AvgIpc) is 2.37. The molecule has 18 heavy (non-hydrogen) atoms. The molecule has 0 aromatic carbocycles. The summed E-state index contributed by atoms with van der Waals surface area (Å²) in [6.45, 7) is 1.84. The van der Waals surface area contributed by atoms with Crippen molar-refractivity contribution in [2.45, 2.75) is 6.42 Å². The van der Waals surface area contributed by atoms with Gasteiger partial charge in [-0.25, -0.2) is 9.78 Å². The van der Waals surface area contributed by atoms with E-state index in [0.29, 0.717) is 25.4 Å². The zero-order valence-corrected chi connectivity index (χ0v) is 11.0. The van der Waals surface area contributed by atoms with Gasteiger partial charge in [-0.3, -0.25) is 0 Å². The van der Waals surface area contributed by atoms with Crippen molar-refractivity contribution in [1.29, 1.82) is 0 Å². The van der Waals surface area contributed by atoms with Crippen LogP contribution in [0.25, 0.3) is 0 Å². The third-order valence-corrected chi connectivity index (χ3v) is 2.27. The smallest absolute Gasteiger partial charge is 0.338 e. The molecule has 0 amide bonds. The first kappa shape index (κ1) is 14.9. The zero-order valence-electron chi connectivity index (χ0n) is 10.2. The summed E-state index contributed by atoms with van der Waals surface area (Å²) in [5, 5.41) is 0.264. The molecule has 5 nitrogen and oxygen atoms in total. The molecule has 0 radical (unpaired) electrons. The highest BCUT2D eigenvalue weighted by atomic mass is 35.5. The van der Waals surface area contributed by atoms with Crippen molar-refractivity contribution in [3.8, 4) is 0 Å². The second kappa shape index (κ2) is 8.85. The van der Waals surface area contributed by atoms with Gasteiger partial charge in [-0.15, -0.1) is 0 Å².